The molecule has 0 amide bonds. The molecule has 0 spiro atoms. The first-order chi connectivity index (χ1) is 13.1. The van der Waals surface area contributed by atoms with Gasteiger partial charge in [-0.3, -0.25) is 0 Å². The summed E-state index contributed by atoms with van der Waals surface area (Å²) in [6, 6.07) is 16.5. The molecule has 4 rings (SSSR count). The van der Waals surface area contributed by atoms with Gasteiger partial charge in [0.15, 0.2) is 0 Å². The summed E-state index contributed by atoms with van der Waals surface area (Å²) >= 11 is 3.59. The van der Waals surface area contributed by atoms with E-state index >= 15 is 0 Å². The quantitative estimate of drug-likeness (QED) is 0.605. The number of aromatic nitrogens is 2. The minimum absolute atomic E-state index is 0.313. The Morgan fingerprint density at radius 3 is 2.52 bits per heavy atom. The van der Waals surface area contributed by atoms with Crippen LogP contribution in [0.1, 0.15) is 24.3 Å². The molecule has 0 atom stereocenters. The second-order valence-electron chi connectivity index (χ2n) is 7.06. The van der Waals surface area contributed by atoms with Crippen LogP contribution in [0.25, 0.3) is 11.5 Å². The van der Waals surface area contributed by atoms with Gasteiger partial charge in [-0.05, 0) is 48.7 Å². The van der Waals surface area contributed by atoms with E-state index in [2.05, 4.69) is 61.4 Å². The van der Waals surface area contributed by atoms with Crippen molar-refractivity contribution in [3.05, 3.63) is 64.5 Å². The highest BCUT2D eigenvalue weighted by molar-refractivity contribution is 9.10. The molecule has 1 aromatic heterocycles. The van der Waals surface area contributed by atoms with E-state index in [1.807, 2.05) is 32.3 Å². The number of ether oxygens (including phenoxy) is 1. The Morgan fingerprint density at radius 1 is 1.00 bits per heavy atom. The molecule has 1 saturated heterocycles. The summed E-state index contributed by atoms with van der Waals surface area (Å²) in [5.41, 5.74) is 2.89. The van der Waals surface area contributed by atoms with Crippen molar-refractivity contribution in [2.75, 3.05) is 32.2 Å². The molecule has 1 fully saturated rings. The SMILES string of the molecule is CN(C)c1cccc(-c2nnc(C3(c4cccc(Br)c4)CCOCC3)o2)c1. The van der Waals surface area contributed by atoms with Gasteiger partial charge in [0.05, 0.1) is 5.41 Å². The van der Waals surface area contributed by atoms with Crippen LogP contribution >= 0.6 is 15.9 Å². The zero-order chi connectivity index (χ0) is 18.9. The topological polar surface area (TPSA) is 51.4 Å². The van der Waals surface area contributed by atoms with Crippen molar-refractivity contribution in [3.63, 3.8) is 0 Å². The van der Waals surface area contributed by atoms with E-state index < -0.39 is 0 Å². The number of anilines is 1. The number of halogens is 1. The second kappa shape index (κ2) is 7.44. The zero-order valence-corrected chi connectivity index (χ0v) is 17.1. The van der Waals surface area contributed by atoms with Gasteiger partial charge in [0.1, 0.15) is 0 Å². The Hall–Kier alpha value is -2.18. The molecule has 140 valence electrons. The molecule has 0 saturated carbocycles. The highest BCUT2D eigenvalue weighted by atomic mass is 79.9. The van der Waals surface area contributed by atoms with E-state index in [1.54, 1.807) is 0 Å². The van der Waals surface area contributed by atoms with E-state index in [9.17, 15) is 0 Å². The highest BCUT2D eigenvalue weighted by Gasteiger charge is 2.41. The standard InChI is InChI=1S/C21H22BrN3O2/c1-25(2)18-8-3-5-15(13-18)19-23-24-20(27-19)21(9-11-26-12-10-21)16-6-4-7-17(22)14-16/h3-8,13-14H,9-12H2,1-2H3. The van der Waals surface area contributed by atoms with Gasteiger partial charge in [0, 0.05) is 43.0 Å². The van der Waals surface area contributed by atoms with Crippen molar-refractivity contribution in [2.24, 2.45) is 0 Å². The number of rotatable bonds is 4. The molecular weight excluding hydrogens is 406 g/mol. The van der Waals surface area contributed by atoms with Crippen LogP contribution in [0.3, 0.4) is 0 Å². The Kier molecular flexibility index (Phi) is 5.02. The lowest BCUT2D eigenvalue weighted by Crippen LogP contribution is -2.35. The maximum atomic E-state index is 6.23. The number of hydrogen-bond acceptors (Lipinski definition) is 5. The molecule has 0 unspecified atom stereocenters. The Labute approximate surface area is 167 Å². The van der Waals surface area contributed by atoms with Gasteiger partial charge < -0.3 is 14.1 Å². The normalized spacial score (nSPS) is 16.3. The molecule has 0 radical (unpaired) electrons. The van der Waals surface area contributed by atoms with Crippen LogP contribution < -0.4 is 4.90 Å². The maximum Gasteiger partial charge on any atom is 0.247 e. The van der Waals surface area contributed by atoms with Crippen LogP contribution in [-0.2, 0) is 10.2 Å². The fourth-order valence-electron chi connectivity index (χ4n) is 3.58. The van der Waals surface area contributed by atoms with Crippen LogP contribution in [0.2, 0.25) is 0 Å². The summed E-state index contributed by atoms with van der Waals surface area (Å²) < 4.78 is 12.9. The number of benzene rings is 2. The maximum absolute atomic E-state index is 6.23. The molecule has 1 aliphatic rings. The monoisotopic (exact) mass is 427 g/mol. The fourth-order valence-corrected chi connectivity index (χ4v) is 3.98. The average Bonchev–Trinajstić information content (AvgIpc) is 3.19. The molecular formula is C21H22BrN3O2. The average molecular weight is 428 g/mol. The summed E-state index contributed by atoms with van der Waals surface area (Å²) in [6.07, 6.45) is 1.64. The summed E-state index contributed by atoms with van der Waals surface area (Å²) in [7, 11) is 4.03. The molecule has 0 N–H and O–H groups in total. The van der Waals surface area contributed by atoms with Crippen molar-refractivity contribution >= 4 is 21.6 Å². The van der Waals surface area contributed by atoms with E-state index in [4.69, 9.17) is 9.15 Å². The van der Waals surface area contributed by atoms with Crippen LogP contribution in [0.5, 0.6) is 0 Å². The van der Waals surface area contributed by atoms with Crippen molar-refractivity contribution in [2.45, 2.75) is 18.3 Å². The van der Waals surface area contributed by atoms with Crippen molar-refractivity contribution < 1.29 is 9.15 Å². The smallest absolute Gasteiger partial charge is 0.247 e. The summed E-state index contributed by atoms with van der Waals surface area (Å²) in [4.78, 5) is 2.06. The highest BCUT2D eigenvalue weighted by Crippen LogP contribution is 2.42. The van der Waals surface area contributed by atoms with Gasteiger partial charge in [0.25, 0.3) is 0 Å². The first-order valence-electron chi connectivity index (χ1n) is 9.04. The molecule has 27 heavy (non-hydrogen) atoms. The van der Waals surface area contributed by atoms with Crippen LogP contribution in [0.15, 0.2) is 57.4 Å². The van der Waals surface area contributed by atoms with E-state index in [0.29, 0.717) is 25.0 Å². The summed E-state index contributed by atoms with van der Waals surface area (Å²) in [5.74, 6) is 1.21. The third-order valence-electron chi connectivity index (χ3n) is 5.17. The van der Waals surface area contributed by atoms with Gasteiger partial charge >= 0.3 is 0 Å². The Morgan fingerprint density at radius 2 is 1.78 bits per heavy atom. The predicted molar refractivity (Wildman–Crippen MR) is 109 cm³/mol. The molecule has 3 aromatic rings. The summed E-state index contributed by atoms with van der Waals surface area (Å²) in [5, 5.41) is 8.84. The second-order valence-corrected chi connectivity index (χ2v) is 7.98. The molecule has 2 aromatic carbocycles. The van der Waals surface area contributed by atoms with Gasteiger partial charge in [0.2, 0.25) is 11.8 Å². The lowest BCUT2D eigenvalue weighted by atomic mass is 9.74. The first-order valence-corrected chi connectivity index (χ1v) is 9.83. The van der Waals surface area contributed by atoms with Crippen molar-refractivity contribution in [1.29, 1.82) is 0 Å². The van der Waals surface area contributed by atoms with E-state index in [0.717, 1.165) is 28.6 Å². The third-order valence-corrected chi connectivity index (χ3v) is 5.66. The van der Waals surface area contributed by atoms with Crippen LogP contribution in [0, 0.1) is 0 Å². The van der Waals surface area contributed by atoms with Gasteiger partial charge in [-0.1, -0.05) is 34.1 Å². The van der Waals surface area contributed by atoms with Gasteiger partial charge in [-0.2, -0.15) is 0 Å². The molecule has 5 nitrogen and oxygen atoms in total. The van der Waals surface area contributed by atoms with Crippen LogP contribution in [-0.4, -0.2) is 37.5 Å². The Balaban J connectivity index is 1.76. The molecule has 2 heterocycles. The lowest BCUT2D eigenvalue weighted by Gasteiger charge is -2.34. The molecule has 6 heteroatoms. The van der Waals surface area contributed by atoms with E-state index in [1.165, 1.54) is 5.56 Å². The number of hydrogen-bond donors (Lipinski definition) is 0. The largest absolute Gasteiger partial charge is 0.420 e. The van der Waals surface area contributed by atoms with E-state index in [-0.39, 0.29) is 5.41 Å². The number of nitrogens with zero attached hydrogens (tertiary/aromatic N) is 3. The van der Waals surface area contributed by atoms with Gasteiger partial charge in [-0.15, -0.1) is 10.2 Å². The van der Waals surface area contributed by atoms with Crippen molar-refractivity contribution in [3.8, 4) is 11.5 Å². The molecule has 1 aliphatic heterocycles. The minimum Gasteiger partial charge on any atom is -0.420 e. The fraction of sp³-hybridized carbons (Fsp3) is 0.333. The lowest BCUT2D eigenvalue weighted by molar-refractivity contribution is 0.0546. The van der Waals surface area contributed by atoms with Gasteiger partial charge in [-0.25, -0.2) is 0 Å². The van der Waals surface area contributed by atoms with Crippen molar-refractivity contribution in [1.82, 2.24) is 10.2 Å². The predicted octanol–water partition coefficient (Wildman–Crippen LogP) is 4.66. The first kappa shape index (κ1) is 18.2. The molecule has 0 aliphatic carbocycles. The Bertz CT molecular complexity index is 932. The van der Waals surface area contributed by atoms with Crippen LogP contribution in [0.4, 0.5) is 5.69 Å². The summed E-state index contributed by atoms with van der Waals surface area (Å²) in [6.45, 7) is 1.36. The zero-order valence-electron chi connectivity index (χ0n) is 15.5. The minimum atomic E-state index is -0.313. The third kappa shape index (κ3) is 3.51. The molecule has 0 bridgehead atoms.